The van der Waals surface area contributed by atoms with Crippen molar-refractivity contribution in [3.05, 3.63) is 107 Å². The maximum absolute atomic E-state index is 2.58. The van der Waals surface area contributed by atoms with Crippen molar-refractivity contribution in [3.63, 3.8) is 0 Å². The summed E-state index contributed by atoms with van der Waals surface area (Å²) in [7, 11) is 2.22. The average molecular weight is 397 g/mol. The van der Waals surface area contributed by atoms with Crippen LogP contribution in [-0.4, -0.2) is 16.0 Å². The fourth-order valence-electron chi connectivity index (χ4n) is 4.71. The quantitative estimate of drug-likeness (QED) is 0.322. The molecule has 4 aromatic rings. The zero-order chi connectivity index (χ0) is 20.9. The molecule has 0 saturated heterocycles. The van der Waals surface area contributed by atoms with Crippen LogP contribution < -0.4 is 0 Å². The molecule has 0 N–H and O–H groups in total. The topological polar surface area (TPSA) is 8.17 Å². The minimum absolute atomic E-state index is 0.511. The molecule has 3 aromatic carbocycles. The standard InChI is InChI=1S/C28H32N2/c1-22(28-23(2)26-16-10-11-17-27(26)29(28)3)18-19-30(20-24-12-6-4-7-13-24)21-25-14-8-5-9-15-25/h4-17,22H,18-21H2,1-3H3. The second kappa shape index (κ2) is 9.32. The summed E-state index contributed by atoms with van der Waals surface area (Å²) in [6.45, 7) is 7.70. The van der Waals surface area contributed by atoms with Crippen LogP contribution >= 0.6 is 0 Å². The van der Waals surface area contributed by atoms with Gasteiger partial charge in [0.1, 0.15) is 0 Å². The Labute approximate surface area is 180 Å². The van der Waals surface area contributed by atoms with Crippen molar-refractivity contribution < 1.29 is 0 Å². The maximum Gasteiger partial charge on any atom is 0.0482 e. The number of hydrogen-bond acceptors (Lipinski definition) is 1. The molecule has 2 nitrogen and oxygen atoms in total. The van der Waals surface area contributed by atoms with Gasteiger partial charge in [0.15, 0.2) is 0 Å². The van der Waals surface area contributed by atoms with E-state index in [2.05, 4.69) is 115 Å². The lowest BCUT2D eigenvalue weighted by atomic mass is 9.99. The molecule has 0 aliphatic carbocycles. The van der Waals surface area contributed by atoms with E-state index >= 15 is 0 Å². The van der Waals surface area contributed by atoms with E-state index in [0.29, 0.717) is 5.92 Å². The highest BCUT2D eigenvalue weighted by Crippen LogP contribution is 2.31. The number of benzene rings is 3. The number of aryl methyl sites for hydroxylation is 2. The SMILES string of the molecule is Cc1c(C(C)CCN(Cc2ccccc2)Cc2ccccc2)n(C)c2ccccc12. The van der Waals surface area contributed by atoms with E-state index in [0.717, 1.165) is 26.1 Å². The lowest BCUT2D eigenvalue weighted by Gasteiger charge is -2.25. The smallest absolute Gasteiger partial charge is 0.0482 e. The molecule has 1 unspecified atom stereocenters. The fraction of sp³-hybridized carbons (Fsp3) is 0.286. The van der Waals surface area contributed by atoms with Crippen LogP contribution in [0, 0.1) is 6.92 Å². The van der Waals surface area contributed by atoms with Gasteiger partial charge in [-0.2, -0.15) is 0 Å². The number of aromatic nitrogens is 1. The Kier molecular flexibility index (Phi) is 6.35. The molecular weight excluding hydrogens is 364 g/mol. The van der Waals surface area contributed by atoms with Crippen molar-refractivity contribution in [2.24, 2.45) is 7.05 Å². The van der Waals surface area contributed by atoms with Crippen LogP contribution in [0.25, 0.3) is 10.9 Å². The predicted octanol–water partition coefficient (Wildman–Crippen LogP) is 6.68. The molecule has 1 aromatic heterocycles. The fourth-order valence-corrected chi connectivity index (χ4v) is 4.71. The van der Waals surface area contributed by atoms with E-state index in [-0.39, 0.29) is 0 Å². The molecule has 0 saturated carbocycles. The minimum atomic E-state index is 0.511. The molecule has 1 atom stereocenters. The van der Waals surface area contributed by atoms with Crippen molar-refractivity contribution in [1.29, 1.82) is 0 Å². The molecule has 0 bridgehead atoms. The van der Waals surface area contributed by atoms with Crippen LogP contribution in [0.15, 0.2) is 84.9 Å². The zero-order valence-electron chi connectivity index (χ0n) is 18.4. The first-order valence-electron chi connectivity index (χ1n) is 11.0. The summed E-state index contributed by atoms with van der Waals surface area (Å²) in [6.07, 6.45) is 1.14. The molecular formula is C28H32N2. The Morgan fingerprint density at radius 3 is 1.87 bits per heavy atom. The van der Waals surface area contributed by atoms with E-state index in [1.165, 1.54) is 33.3 Å². The zero-order valence-corrected chi connectivity index (χ0v) is 18.4. The molecule has 154 valence electrons. The third-order valence-electron chi connectivity index (χ3n) is 6.26. The lowest BCUT2D eigenvalue weighted by Crippen LogP contribution is -2.25. The van der Waals surface area contributed by atoms with Crippen molar-refractivity contribution in [2.45, 2.75) is 39.3 Å². The van der Waals surface area contributed by atoms with Gasteiger partial charge in [0.2, 0.25) is 0 Å². The van der Waals surface area contributed by atoms with Gasteiger partial charge in [-0.25, -0.2) is 0 Å². The monoisotopic (exact) mass is 396 g/mol. The van der Waals surface area contributed by atoms with Crippen LogP contribution in [0.5, 0.6) is 0 Å². The second-order valence-electron chi connectivity index (χ2n) is 8.46. The van der Waals surface area contributed by atoms with Crippen LogP contribution in [0.1, 0.15) is 41.6 Å². The van der Waals surface area contributed by atoms with Gasteiger partial charge in [-0.3, -0.25) is 4.90 Å². The highest BCUT2D eigenvalue weighted by Gasteiger charge is 2.18. The van der Waals surface area contributed by atoms with E-state index < -0.39 is 0 Å². The molecule has 2 heteroatoms. The van der Waals surface area contributed by atoms with Gasteiger partial charge in [0.25, 0.3) is 0 Å². The van der Waals surface area contributed by atoms with E-state index in [1.54, 1.807) is 0 Å². The van der Waals surface area contributed by atoms with Gasteiger partial charge in [0, 0.05) is 36.7 Å². The van der Waals surface area contributed by atoms with Gasteiger partial charge in [-0.15, -0.1) is 0 Å². The second-order valence-corrected chi connectivity index (χ2v) is 8.46. The first kappa shape index (κ1) is 20.4. The van der Waals surface area contributed by atoms with Crippen molar-refractivity contribution in [3.8, 4) is 0 Å². The minimum Gasteiger partial charge on any atom is -0.347 e. The normalized spacial score (nSPS) is 12.5. The maximum atomic E-state index is 2.58. The first-order valence-corrected chi connectivity index (χ1v) is 11.0. The largest absolute Gasteiger partial charge is 0.347 e. The molecule has 4 rings (SSSR count). The van der Waals surface area contributed by atoms with Gasteiger partial charge < -0.3 is 4.57 Å². The lowest BCUT2D eigenvalue weighted by molar-refractivity contribution is 0.247. The van der Waals surface area contributed by atoms with E-state index in [9.17, 15) is 0 Å². The van der Waals surface area contributed by atoms with Crippen molar-refractivity contribution >= 4 is 10.9 Å². The number of fused-ring (bicyclic) bond motifs is 1. The summed E-state index contributed by atoms with van der Waals surface area (Å²) in [5.74, 6) is 0.511. The summed E-state index contributed by atoms with van der Waals surface area (Å²) in [5.41, 5.74) is 6.99. The van der Waals surface area contributed by atoms with Crippen LogP contribution in [0.4, 0.5) is 0 Å². The molecule has 0 amide bonds. The van der Waals surface area contributed by atoms with Gasteiger partial charge in [-0.05, 0) is 48.6 Å². The Bertz CT molecular complexity index is 999. The summed E-state index contributed by atoms with van der Waals surface area (Å²) < 4.78 is 2.40. The predicted molar refractivity (Wildman–Crippen MR) is 128 cm³/mol. The Morgan fingerprint density at radius 2 is 1.30 bits per heavy atom. The van der Waals surface area contributed by atoms with Crippen molar-refractivity contribution in [1.82, 2.24) is 9.47 Å². The molecule has 0 aliphatic heterocycles. The first-order chi connectivity index (χ1) is 14.6. The summed E-state index contributed by atoms with van der Waals surface area (Å²) in [4.78, 5) is 2.58. The Hall–Kier alpha value is -2.84. The Morgan fingerprint density at radius 1 is 0.767 bits per heavy atom. The summed E-state index contributed by atoms with van der Waals surface area (Å²) in [6, 6.07) is 30.4. The van der Waals surface area contributed by atoms with Crippen LogP contribution in [0.2, 0.25) is 0 Å². The summed E-state index contributed by atoms with van der Waals surface area (Å²) in [5, 5.41) is 1.38. The number of hydrogen-bond donors (Lipinski definition) is 0. The molecule has 0 radical (unpaired) electrons. The van der Waals surface area contributed by atoms with Crippen LogP contribution in [-0.2, 0) is 20.1 Å². The third kappa shape index (κ3) is 4.49. The molecule has 1 heterocycles. The molecule has 30 heavy (non-hydrogen) atoms. The molecule has 0 spiro atoms. The Balaban J connectivity index is 1.51. The summed E-state index contributed by atoms with van der Waals surface area (Å²) >= 11 is 0. The van der Waals surface area contributed by atoms with Gasteiger partial charge in [-0.1, -0.05) is 85.8 Å². The number of rotatable bonds is 8. The van der Waals surface area contributed by atoms with Gasteiger partial charge >= 0.3 is 0 Å². The van der Waals surface area contributed by atoms with E-state index in [1.807, 2.05) is 0 Å². The number of nitrogens with zero attached hydrogens (tertiary/aromatic N) is 2. The average Bonchev–Trinajstić information content (AvgIpc) is 3.04. The molecule has 0 fully saturated rings. The highest BCUT2D eigenvalue weighted by molar-refractivity contribution is 5.85. The third-order valence-corrected chi connectivity index (χ3v) is 6.26. The number of para-hydroxylation sites is 1. The van der Waals surface area contributed by atoms with Crippen LogP contribution in [0.3, 0.4) is 0 Å². The highest BCUT2D eigenvalue weighted by atomic mass is 15.1. The molecule has 0 aliphatic rings. The van der Waals surface area contributed by atoms with E-state index in [4.69, 9.17) is 0 Å². The van der Waals surface area contributed by atoms with Crippen molar-refractivity contribution in [2.75, 3.05) is 6.54 Å². The van der Waals surface area contributed by atoms with Gasteiger partial charge in [0.05, 0.1) is 0 Å².